The first-order valence-corrected chi connectivity index (χ1v) is 8.54. The Bertz CT molecular complexity index is 1080. The minimum Gasteiger partial charge on any atom is -0.484 e. The standard InChI is InChI=1S/C20H14ClN3O3/c21-14-1-4-16(5-2-14)26-12-19(25)23-15-3-6-17-18(11-15)27-20(24-17)13-7-9-22-10-8-13/h1-11H,12H2,(H,23,25). The molecule has 4 rings (SSSR count). The van der Waals surface area contributed by atoms with E-state index in [-0.39, 0.29) is 12.5 Å². The average Bonchev–Trinajstić information content (AvgIpc) is 3.12. The fourth-order valence-electron chi connectivity index (χ4n) is 2.50. The SMILES string of the molecule is O=C(COc1ccc(Cl)cc1)Nc1ccc2nc(-c3ccncc3)oc2c1. The van der Waals surface area contributed by atoms with Crippen LogP contribution in [-0.2, 0) is 4.79 Å². The van der Waals surface area contributed by atoms with E-state index < -0.39 is 0 Å². The average molecular weight is 380 g/mol. The lowest BCUT2D eigenvalue weighted by atomic mass is 10.3. The number of ether oxygens (including phenoxy) is 1. The number of nitrogens with one attached hydrogen (secondary N) is 1. The van der Waals surface area contributed by atoms with Gasteiger partial charge in [0.25, 0.3) is 5.91 Å². The number of anilines is 1. The zero-order valence-corrected chi connectivity index (χ0v) is 14.8. The Balaban J connectivity index is 1.44. The van der Waals surface area contributed by atoms with Crippen molar-refractivity contribution in [2.24, 2.45) is 0 Å². The van der Waals surface area contributed by atoms with E-state index in [0.717, 1.165) is 5.56 Å². The van der Waals surface area contributed by atoms with Crippen LogP contribution in [0.25, 0.3) is 22.6 Å². The maximum atomic E-state index is 12.1. The summed E-state index contributed by atoms with van der Waals surface area (Å²) in [5, 5.41) is 3.39. The van der Waals surface area contributed by atoms with Crippen LogP contribution in [0.15, 0.2) is 71.4 Å². The van der Waals surface area contributed by atoms with E-state index in [1.807, 2.05) is 12.1 Å². The van der Waals surface area contributed by atoms with Crippen LogP contribution in [0.3, 0.4) is 0 Å². The number of pyridine rings is 1. The number of benzene rings is 2. The third-order valence-electron chi connectivity index (χ3n) is 3.78. The van der Waals surface area contributed by atoms with E-state index >= 15 is 0 Å². The summed E-state index contributed by atoms with van der Waals surface area (Å²) in [6.07, 6.45) is 3.35. The molecular weight excluding hydrogens is 366 g/mol. The van der Waals surface area contributed by atoms with Gasteiger partial charge in [0.1, 0.15) is 11.3 Å². The van der Waals surface area contributed by atoms with Crippen LogP contribution in [0.5, 0.6) is 5.75 Å². The highest BCUT2D eigenvalue weighted by molar-refractivity contribution is 6.30. The van der Waals surface area contributed by atoms with Gasteiger partial charge in [0.15, 0.2) is 12.2 Å². The molecule has 0 unspecified atom stereocenters. The number of nitrogens with zero attached hydrogens (tertiary/aromatic N) is 2. The molecule has 2 heterocycles. The Morgan fingerprint density at radius 3 is 2.63 bits per heavy atom. The van der Waals surface area contributed by atoms with Crippen molar-refractivity contribution in [2.45, 2.75) is 0 Å². The van der Waals surface area contributed by atoms with Crippen molar-refractivity contribution in [1.82, 2.24) is 9.97 Å². The van der Waals surface area contributed by atoms with Crippen LogP contribution in [-0.4, -0.2) is 22.5 Å². The molecule has 134 valence electrons. The highest BCUT2D eigenvalue weighted by Crippen LogP contribution is 2.26. The molecule has 0 saturated heterocycles. The number of halogens is 1. The predicted molar refractivity (Wildman–Crippen MR) is 103 cm³/mol. The summed E-state index contributed by atoms with van der Waals surface area (Å²) < 4.78 is 11.2. The van der Waals surface area contributed by atoms with Crippen LogP contribution < -0.4 is 10.1 Å². The number of fused-ring (bicyclic) bond motifs is 1. The first-order chi connectivity index (χ1) is 13.2. The van der Waals surface area contributed by atoms with Crippen molar-refractivity contribution in [3.05, 3.63) is 72.0 Å². The van der Waals surface area contributed by atoms with Crippen molar-refractivity contribution in [3.63, 3.8) is 0 Å². The molecule has 27 heavy (non-hydrogen) atoms. The molecule has 0 aliphatic heterocycles. The zero-order chi connectivity index (χ0) is 18.6. The highest BCUT2D eigenvalue weighted by atomic mass is 35.5. The number of carbonyl (C=O) groups is 1. The van der Waals surface area contributed by atoms with Gasteiger partial charge in [0.2, 0.25) is 5.89 Å². The highest BCUT2D eigenvalue weighted by Gasteiger charge is 2.10. The minimum absolute atomic E-state index is 0.113. The smallest absolute Gasteiger partial charge is 0.262 e. The van der Waals surface area contributed by atoms with Gasteiger partial charge in [-0.1, -0.05) is 11.6 Å². The second kappa shape index (κ2) is 7.47. The number of oxazole rings is 1. The van der Waals surface area contributed by atoms with E-state index in [4.69, 9.17) is 20.8 Å². The Hall–Kier alpha value is -3.38. The van der Waals surface area contributed by atoms with Crippen molar-refractivity contribution >= 4 is 34.3 Å². The van der Waals surface area contributed by atoms with Gasteiger partial charge in [-0.05, 0) is 48.5 Å². The molecule has 1 N–H and O–H groups in total. The second-order valence-corrected chi connectivity index (χ2v) is 6.16. The second-order valence-electron chi connectivity index (χ2n) is 5.73. The summed E-state index contributed by atoms with van der Waals surface area (Å²) in [7, 11) is 0. The van der Waals surface area contributed by atoms with E-state index in [2.05, 4.69) is 15.3 Å². The largest absolute Gasteiger partial charge is 0.484 e. The molecule has 6 nitrogen and oxygen atoms in total. The lowest BCUT2D eigenvalue weighted by Crippen LogP contribution is -2.20. The first kappa shape index (κ1) is 17.1. The molecule has 0 bridgehead atoms. The van der Waals surface area contributed by atoms with Gasteiger partial charge in [-0.2, -0.15) is 0 Å². The molecule has 0 aliphatic rings. The molecule has 4 aromatic rings. The van der Waals surface area contributed by atoms with Gasteiger partial charge < -0.3 is 14.5 Å². The quantitative estimate of drug-likeness (QED) is 0.550. The summed E-state index contributed by atoms with van der Waals surface area (Å²) in [4.78, 5) is 20.5. The monoisotopic (exact) mass is 379 g/mol. The van der Waals surface area contributed by atoms with Crippen LogP contribution in [0.4, 0.5) is 5.69 Å². The molecule has 2 aromatic carbocycles. The van der Waals surface area contributed by atoms with Crippen LogP contribution >= 0.6 is 11.6 Å². The predicted octanol–water partition coefficient (Wildman–Crippen LogP) is 4.56. The maximum Gasteiger partial charge on any atom is 0.262 e. The number of amides is 1. The molecule has 0 fully saturated rings. The number of carbonyl (C=O) groups excluding carboxylic acids is 1. The number of rotatable bonds is 5. The van der Waals surface area contributed by atoms with Crippen LogP contribution in [0.2, 0.25) is 5.02 Å². The van der Waals surface area contributed by atoms with Crippen molar-refractivity contribution < 1.29 is 13.9 Å². The van der Waals surface area contributed by atoms with Gasteiger partial charge >= 0.3 is 0 Å². The molecule has 0 radical (unpaired) electrons. The molecule has 0 spiro atoms. The topological polar surface area (TPSA) is 77.2 Å². The van der Waals surface area contributed by atoms with Crippen LogP contribution in [0, 0.1) is 0 Å². The zero-order valence-electron chi connectivity index (χ0n) is 14.1. The lowest BCUT2D eigenvalue weighted by molar-refractivity contribution is -0.118. The Kier molecular flexibility index (Phi) is 4.72. The Morgan fingerprint density at radius 2 is 1.85 bits per heavy atom. The van der Waals surface area contributed by atoms with Crippen molar-refractivity contribution in [3.8, 4) is 17.2 Å². The summed E-state index contributed by atoms with van der Waals surface area (Å²) >= 11 is 5.82. The third-order valence-corrected chi connectivity index (χ3v) is 4.04. The molecule has 0 aliphatic carbocycles. The summed E-state index contributed by atoms with van der Waals surface area (Å²) in [5.41, 5.74) is 2.73. The van der Waals surface area contributed by atoms with E-state index in [0.29, 0.717) is 33.4 Å². The minimum atomic E-state index is -0.279. The fourth-order valence-corrected chi connectivity index (χ4v) is 2.62. The third kappa shape index (κ3) is 4.07. The summed E-state index contributed by atoms with van der Waals surface area (Å²) in [6, 6.07) is 15.7. The summed E-state index contributed by atoms with van der Waals surface area (Å²) in [6.45, 7) is -0.113. The first-order valence-electron chi connectivity index (χ1n) is 8.16. The van der Waals surface area contributed by atoms with Gasteiger partial charge in [-0.25, -0.2) is 4.98 Å². The molecule has 0 atom stereocenters. The maximum absolute atomic E-state index is 12.1. The Labute approximate surface area is 159 Å². The Morgan fingerprint density at radius 1 is 1.07 bits per heavy atom. The normalized spacial score (nSPS) is 10.7. The number of hydrogen-bond acceptors (Lipinski definition) is 5. The summed E-state index contributed by atoms with van der Waals surface area (Å²) in [5.74, 6) is 0.794. The van der Waals surface area contributed by atoms with Gasteiger partial charge in [0, 0.05) is 34.7 Å². The molecule has 0 saturated carbocycles. The lowest BCUT2D eigenvalue weighted by Gasteiger charge is -2.07. The number of aromatic nitrogens is 2. The van der Waals surface area contributed by atoms with Crippen molar-refractivity contribution in [2.75, 3.05) is 11.9 Å². The molecule has 1 amide bonds. The number of hydrogen-bond donors (Lipinski definition) is 1. The van der Waals surface area contributed by atoms with Gasteiger partial charge in [-0.3, -0.25) is 9.78 Å². The molecule has 2 aromatic heterocycles. The van der Waals surface area contributed by atoms with Gasteiger partial charge in [0.05, 0.1) is 0 Å². The van der Waals surface area contributed by atoms with E-state index in [1.165, 1.54) is 0 Å². The van der Waals surface area contributed by atoms with Gasteiger partial charge in [-0.15, -0.1) is 0 Å². The van der Waals surface area contributed by atoms with Crippen molar-refractivity contribution in [1.29, 1.82) is 0 Å². The molecule has 7 heteroatoms. The molecular formula is C20H14ClN3O3. The van der Waals surface area contributed by atoms with E-state index in [1.54, 1.807) is 54.9 Å². The van der Waals surface area contributed by atoms with Crippen LogP contribution in [0.1, 0.15) is 0 Å². The fraction of sp³-hybridized carbons (Fsp3) is 0.0500. The van der Waals surface area contributed by atoms with E-state index in [9.17, 15) is 4.79 Å².